The van der Waals surface area contributed by atoms with E-state index in [1.54, 1.807) is 6.07 Å². The van der Waals surface area contributed by atoms with Crippen LogP contribution in [-0.2, 0) is 0 Å². The van der Waals surface area contributed by atoms with Gasteiger partial charge in [0, 0.05) is 51.3 Å². The van der Waals surface area contributed by atoms with Crippen molar-refractivity contribution in [3.63, 3.8) is 0 Å². The van der Waals surface area contributed by atoms with Crippen molar-refractivity contribution in [1.29, 1.82) is 0 Å². The minimum atomic E-state index is -2.81. The highest BCUT2D eigenvalue weighted by Gasteiger charge is 2.37. The Hall–Kier alpha value is -2.03. The summed E-state index contributed by atoms with van der Waals surface area (Å²) in [4.78, 5) is 26.7. The molecule has 1 N–H and O–H groups in total. The summed E-state index contributed by atoms with van der Waals surface area (Å²) >= 11 is 0. The molecule has 28 heavy (non-hydrogen) atoms. The van der Waals surface area contributed by atoms with Crippen LogP contribution in [0.4, 0.5) is 25.2 Å². The second kappa shape index (κ2) is 8.14. The van der Waals surface area contributed by atoms with Crippen LogP contribution >= 0.6 is 0 Å². The van der Waals surface area contributed by atoms with Gasteiger partial charge in [-0.2, -0.15) is 0 Å². The van der Waals surface area contributed by atoms with Gasteiger partial charge in [0.25, 0.3) is 5.92 Å². The van der Waals surface area contributed by atoms with Crippen LogP contribution in [0.2, 0.25) is 0 Å². The van der Waals surface area contributed by atoms with Gasteiger partial charge in [-0.15, -0.1) is 0 Å². The summed E-state index contributed by atoms with van der Waals surface area (Å²) in [6.07, 6.45) is 6.84. The standard InChI is InChI=1S/C19H28F2N6O/c20-19(21)6-3-7-27(13-19)18(28)24-16-12-17(23-14-22-16)26-10-8-25(9-11-26)15-4-1-2-5-15/h12,14-15H,1-11,13H2,(H,22,23,24,28). The van der Waals surface area contributed by atoms with Crippen molar-refractivity contribution in [2.75, 3.05) is 49.5 Å². The molecule has 1 aromatic rings. The number of halogens is 2. The number of piperidine rings is 1. The van der Waals surface area contributed by atoms with Gasteiger partial charge >= 0.3 is 6.03 Å². The summed E-state index contributed by atoms with van der Waals surface area (Å²) < 4.78 is 27.1. The Morgan fingerprint density at radius 2 is 1.82 bits per heavy atom. The first-order valence-electron chi connectivity index (χ1n) is 10.2. The summed E-state index contributed by atoms with van der Waals surface area (Å²) in [5.41, 5.74) is 0. The third-order valence-corrected chi connectivity index (χ3v) is 6.05. The van der Waals surface area contributed by atoms with E-state index >= 15 is 0 Å². The van der Waals surface area contributed by atoms with Gasteiger partial charge in [0.2, 0.25) is 0 Å². The second-order valence-corrected chi connectivity index (χ2v) is 8.03. The van der Waals surface area contributed by atoms with E-state index in [-0.39, 0.29) is 6.42 Å². The van der Waals surface area contributed by atoms with Gasteiger partial charge in [-0.1, -0.05) is 12.8 Å². The molecule has 7 nitrogen and oxygen atoms in total. The lowest BCUT2D eigenvalue weighted by molar-refractivity contribution is -0.0510. The first kappa shape index (κ1) is 19.3. The highest BCUT2D eigenvalue weighted by atomic mass is 19.3. The number of aromatic nitrogens is 2. The molecule has 9 heteroatoms. The van der Waals surface area contributed by atoms with Crippen molar-refractivity contribution in [1.82, 2.24) is 19.8 Å². The van der Waals surface area contributed by atoms with Crippen molar-refractivity contribution in [2.45, 2.75) is 50.5 Å². The zero-order chi connectivity index (χ0) is 19.6. The lowest BCUT2D eigenvalue weighted by Crippen LogP contribution is -2.50. The zero-order valence-corrected chi connectivity index (χ0v) is 16.1. The van der Waals surface area contributed by atoms with Crippen LogP contribution < -0.4 is 10.2 Å². The Labute approximate surface area is 164 Å². The third kappa shape index (κ3) is 4.51. The predicted molar refractivity (Wildman–Crippen MR) is 103 cm³/mol. The quantitative estimate of drug-likeness (QED) is 0.854. The molecule has 3 fully saturated rings. The number of nitrogens with one attached hydrogen (secondary N) is 1. The van der Waals surface area contributed by atoms with Crippen LogP contribution in [0, 0.1) is 0 Å². The molecular weight excluding hydrogens is 366 g/mol. The van der Waals surface area contributed by atoms with Crippen LogP contribution in [0.1, 0.15) is 38.5 Å². The van der Waals surface area contributed by atoms with Gasteiger partial charge in [-0.05, 0) is 19.3 Å². The Balaban J connectivity index is 1.33. The van der Waals surface area contributed by atoms with E-state index in [2.05, 4.69) is 25.1 Å². The summed E-state index contributed by atoms with van der Waals surface area (Å²) in [5, 5.41) is 2.65. The molecule has 2 aliphatic heterocycles. The van der Waals surface area contributed by atoms with Crippen molar-refractivity contribution >= 4 is 17.7 Å². The highest BCUT2D eigenvalue weighted by Crippen LogP contribution is 2.27. The summed E-state index contributed by atoms with van der Waals surface area (Å²) in [6, 6.07) is 1.92. The molecule has 0 bridgehead atoms. The maximum atomic E-state index is 13.5. The molecule has 1 aliphatic carbocycles. The van der Waals surface area contributed by atoms with Crippen LogP contribution in [0.25, 0.3) is 0 Å². The molecule has 0 radical (unpaired) electrons. The minimum Gasteiger partial charge on any atom is -0.354 e. The minimum absolute atomic E-state index is 0.165. The van der Waals surface area contributed by atoms with E-state index in [0.29, 0.717) is 18.8 Å². The molecule has 154 valence electrons. The van der Waals surface area contributed by atoms with Crippen LogP contribution in [0.15, 0.2) is 12.4 Å². The molecule has 3 aliphatic rings. The largest absolute Gasteiger partial charge is 0.354 e. The number of anilines is 2. The van der Waals surface area contributed by atoms with Gasteiger partial charge in [0.15, 0.2) is 0 Å². The van der Waals surface area contributed by atoms with Gasteiger partial charge in [-0.3, -0.25) is 10.2 Å². The summed E-state index contributed by atoms with van der Waals surface area (Å²) in [5.74, 6) is -1.70. The number of carbonyl (C=O) groups is 1. The lowest BCUT2D eigenvalue weighted by atomic mass is 10.1. The smallest absolute Gasteiger partial charge is 0.323 e. The number of rotatable bonds is 3. The van der Waals surface area contributed by atoms with E-state index < -0.39 is 18.5 Å². The Morgan fingerprint density at radius 1 is 1.07 bits per heavy atom. The second-order valence-electron chi connectivity index (χ2n) is 8.03. The fraction of sp³-hybridized carbons (Fsp3) is 0.737. The Kier molecular flexibility index (Phi) is 5.61. The third-order valence-electron chi connectivity index (χ3n) is 6.05. The molecule has 0 atom stereocenters. The van der Waals surface area contributed by atoms with Gasteiger partial charge in [0.05, 0.1) is 6.54 Å². The van der Waals surface area contributed by atoms with Crippen LogP contribution in [0.5, 0.6) is 0 Å². The summed E-state index contributed by atoms with van der Waals surface area (Å²) in [7, 11) is 0. The average molecular weight is 394 g/mol. The molecule has 0 spiro atoms. The fourth-order valence-corrected chi connectivity index (χ4v) is 4.50. The number of hydrogen-bond donors (Lipinski definition) is 1. The van der Waals surface area contributed by atoms with E-state index in [0.717, 1.165) is 42.9 Å². The number of piperazine rings is 1. The predicted octanol–water partition coefficient (Wildman–Crippen LogP) is 2.80. The number of nitrogens with zero attached hydrogens (tertiary/aromatic N) is 5. The van der Waals surface area contributed by atoms with E-state index in [9.17, 15) is 13.6 Å². The van der Waals surface area contributed by atoms with Crippen molar-refractivity contribution in [3.8, 4) is 0 Å². The molecular formula is C19H28F2N6O. The number of hydrogen-bond acceptors (Lipinski definition) is 5. The number of alkyl halides is 2. The van der Waals surface area contributed by atoms with Crippen molar-refractivity contribution < 1.29 is 13.6 Å². The molecule has 2 amide bonds. The Morgan fingerprint density at radius 3 is 2.54 bits per heavy atom. The molecule has 2 saturated heterocycles. The number of carbonyl (C=O) groups excluding carboxylic acids is 1. The number of amides is 2. The SMILES string of the molecule is O=C(Nc1cc(N2CCN(C3CCCC3)CC2)ncn1)N1CCCC(F)(F)C1. The molecule has 1 aromatic heterocycles. The van der Waals surface area contributed by atoms with E-state index in [1.807, 2.05) is 0 Å². The maximum absolute atomic E-state index is 13.5. The maximum Gasteiger partial charge on any atom is 0.323 e. The molecule has 0 unspecified atom stereocenters. The lowest BCUT2D eigenvalue weighted by Gasteiger charge is -2.38. The summed E-state index contributed by atoms with van der Waals surface area (Å²) in [6.45, 7) is 3.60. The van der Waals surface area contributed by atoms with Crippen LogP contribution in [0.3, 0.4) is 0 Å². The normalized spacial score (nSPS) is 23.8. The Bertz CT molecular complexity index is 689. The molecule has 3 heterocycles. The van der Waals surface area contributed by atoms with E-state index in [4.69, 9.17) is 0 Å². The van der Waals surface area contributed by atoms with Crippen LogP contribution in [-0.4, -0.2) is 77.0 Å². The molecule has 1 saturated carbocycles. The average Bonchev–Trinajstić information content (AvgIpc) is 3.22. The van der Waals surface area contributed by atoms with Crippen molar-refractivity contribution in [2.24, 2.45) is 0 Å². The van der Waals surface area contributed by atoms with Gasteiger partial charge in [0.1, 0.15) is 18.0 Å². The van der Waals surface area contributed by atoms with Gasteiger partial charge in [-0.25, -0.2) is 23.5 Å². The fourth-order valence-electron chi connectivity index (χ4n) is 4.50. The number of urea groups is 1. The van der Waals surface area contributed by atoms with E-state index in [1.165, 1.54) is 32.0 Å². The first-order valence-corrected chi connectivity index (χ1v) is 10.2. The highest BCUT2D eigenvalue weighted by molar-refractivity contribution is 5.88. The topological polar surface area (TPSA) is 64.6 Å². The zero-order valence-electron chi connectivity index (χ0n) is 16.1. The number of likely N-dealkylation sites (tertiary alicyclic amines) is 1. The first-order chi connectivity index (χ1) is 13.5. The molecule has 0 aromatic carbocycles. The van der Waals surface area contributed by atoms with Gasteiger partial charge < -0.3 is 9.80 Å². The van der Waals surface area contributed by atoms with Crippen molar-refractivity contribution in [3.05, 3.63) is 12.4 Å². The molecule has 4 rings (SSSR count). The monoisotopic (exact) mass is 394 g/mol.